The van der Waals surface area contributed by atoms with Gasteiger partial charge in [-0.3, -0.25) is 4.79 Å². The fraction of sp³-hybridized carbons (Fsp3) is 0.417. The van der Waals surface area contributed by atoms with Crippen LogP contribution in [0.1, 0.15) is 36.1 Å². The average Bonchev–Trinajstić information content (AvgIpc) is 2.80. The van der Waals surface area contributed by atoms with Gasteiger partial charge in [-0.05, 0) is 41.7 Å². The molecule has 1 unspecified atom stereocenters. The number of rotatable bonds is 8. The molecule has 1 atom stereocenters. The van der Waals surface area contributed by atoms with Crippen molar-refractivity contribution in [3.63, 3.8) is 0 Å². The van der Waals surface area contributed by atoms with E-state index in [0.29, 0.717) is 44.0 Å². The monoisotopic (exact) mass is 425 g/mol. The van der Waals surface area contributed by atoms with Gasteiger partial charge in [0.05, 0.1) is 26.7 Å². The van der Waals surface area contributed by atoms with Crippen LogP contribution in [-0.4, -0.2) is 50.7 Å². The Morgan fingerprint density at radius 3 is 2.45 bits per heavy atom. The molecule has 2 N–H and O–H groups in total. The number of carbonyl (C=O) groups is 2. The number of urea groups is 1. The van der Waals surface area contributed by atoms with Gasteiger partial charge in [-0.1, -0.05) is 37.3 Å². The van der Waals surface area contributed by atoms with Crippen molar-refractivity contribution in [2.45, 2.75) is 32.2 Å². The highest BCUT2D eigenvalue weighted by molar-refractivity contribution is 5.79. The first-order chi connectivity index (χ1) is 15.1. The van der Waals surface area contributed by atoms with Gasteiger partial charge in [-0.15, -0.1) is 0 Å². The zero-order chi connectivity index (χ0) is 22.2. The molecular weight excluding hydrogens is 394 g/mol. The van der Waals surface area contributed by atoms with Gasteiger partial charge in [0.25, 0.3) is 0 Å². The highest BCUT2D eigenvalue weighted by Crippen LogP contribution is 2.38. The second-order valence-corrected chi connectivity index (χ2v) is 7.56. The van der Waals surface area contributed by atoms with Crippen LogP contribution in [0.15, 0.2) is 42.5 Å². The number of amides is 3. The Labute approximate surface area is 183 Å². The van der Waals surface area contributed by atoms with Gasteiger partial charge in [0.2, 0.25) is 5.91 Å². The minimum absolute atomic E-state index is 0.0762. The van der Waals surface area contributed by atoms with Crippen LogP contribution in [0.25, 0.3) is 0 Å². The molecular formula is C24H31N3O4. The zero-order valence-corrected chi connectivity index (χ0v) is 18.4. The maximum absolute atomic E-state index is 12.8. The van der Waals surface area contributed by atoms with Crippen LogP contribution in [0.5, 0.6) is 11.5 Å². The molecule has 2 aromatic carbocycles. The molecule has 31 heavy (non-hydrogen) atoms. The predicted octanol–water partition coefficient (Wildman–Crippen LogP) is 3.08. The van der Waals surface area contributed by atoms with E-state index >= 15 is 0 Å². The number of ether oxygens (including phenoxy) is 2. The number of nitrogens with one attached hydrogen (secondary N) is 2. The largest absolute Gasteiger partial charge is 0.493 e. The predicted molar refractivity (Wildman–Crippen MR) is 120 cm³/mol. The maximum atomic E-state index is 12.8. The Balaban J connectivity index is 1.82. The number of hydrogen-bond donors (Lipinski definition) is 2. The molecule has 0 spiro atoms. The van der Waals surface area contributed by atoms with Crippen LogP contribution >= 0.6 is 0 Å². The molecule has 0 saturated carbocycles. The van der Waals surface area contributed by atoms with Crippen LogP contribution in [0.4, 0.5) is 4.79 Å². The van der Waals surface area contributed by atoms with E-state index in [1.165, 1.54) is 0 Å². The van der Waals surface area contributed by atoms with Crippen LogP contribution in [0.3, 0.4) is 0 Å². The van der Waals surface area contributed by atoms with Crippen molar-refractivity contribution in [3.8, 4) is 11.5 Å². The number of fused-ring (bicyclic) bond motifs is 1. The highest BCUT2D eigenvalue weighted by Gasteiger charge is 2.32. The van der Waals surface area contributed by atoms with Gasteiger partial charge < -0.3 is 25.0 Å². The Hall–Kier alpha value is -3.22. The third kappa shape index (κ3) is 5.48. The zero-order valence-electron chi connectivity index (χ0n) is 18.4. The lowest BCUT2D eigenvalue weighted by molar-refractivity contribution is -0.120. The number of carbonyl (C=O) groups excluding carboxylic acids is 2. The molecule has 0 radical (unpaired) electrons. The number of methoxy groups -OCH3 is 2. The Morgan fingerprint density at radius 2 is 1.77 bits per heavy atom. The lowest BCUT2D eigenvalue weighted by atomic mass is 9.91. The SMILES string of the molecule is CCCNC(=O)N1CCc2cc(OC)c(OC)cc2C1CNC(=O)Cc1ccccc1. The summed E-state index contributed by atoms with van der Waals surface area (Å²) < 4.78 is 10.9. The first kappa shape index (κ1) is 22.5. The quantitative estimate of drug-likeness (QED) is 0.681. The lowest BCUT2D eigenvalue weighted by Gasteiger charge is -2.38. The molecule has 0 bridgehead atoms. The molecule has 0 aromatic heterocycles. The topological polar surface area (TPSA) is 79.9 Å². The summed E-state index contributed by atoms with van der Waals surface area (Å²) in [5.74, 6) is 1.20. The van der Waals surface area contributed by atoms with Gasteiger partial charge >= 0.3 is 6.03 Å². The maximum Gasteiger partial charge on any atom is 0.317 e. The molecule has 166 valence electrons. The summed E-state index contributed by atoms with van der Waals surface area (Å²) in [5.41, 5.74) is 3.02. The van der Waals surface area contributed by atoms with Crippen LogP contribution in [-0.2, 0) is 17.6 Å². The average molecular weight is 426 g/mol. The number of hydrogen-bond acceptors (Lipinski definition) is 4. The second-order valence-electron chi connectivity index (χ2n) is 7.56. The third-order valence-corrected chi connectivity index (χ3v) is 5.49. The van der Waals surface area contributed by atoms with Crippen molar-refractivity contribution in [1.82, 2.24) is 15.5 Å². The van der Waals surface area contributed by atoms with E-state index in [1.54, 1.807) is 19.1 Å². The molecule has 1 aliphatic rings. The summed E-state index contributed by atoms with van der Waals surface area (Å²) in [6, 6.07) is 13.1. The number of benzene rings is 2. The van der Waals surface area contributed by atoms with Crippen molar-refractivity contribution in [1.29, 1.82) is 0 Å². The molecule has 0 fully saturated rings. The van der Waals surface area contributed by atoms with E-state index < -0.39 is 0 Å². The highest BCUT2D eigenvalue weighted by atomic mass is 16.5. The fourth-order valence-electron chi connectivity index (χ4n) is 3.88. The molecule has 2 aromatic rings. The molecule has 1 aliphatic heterocycles. The van der Waals surface area contributed by atoms with Crippen molar-refractivity contribution in [2.75, 3.05) is 33.9 Å². The molecule has 0 saturated heterocycles. The van der Waals surface area contributed by atoms with E-state index in [4.69, 9.17) is 9.47 Å². The summed E-state index contributed by atoms with van der Waals surface area (Å²) in [6.45, 7) is 3.52. The Bertz CT molecular complexity index is 901. The molecule has 7 heteroatoms. The summed E-state index contributed by atoms with van der Waals surface area (Å²) in [4.78, 5) is 27.2. The molecule has 0 aliphatic carbocycles. The van der Waals surface area contributed by atoms with Crippen LogP contribution in [0, 0.1) is 0 Å². The van der Waals surface area contributed by atoms with Gasteiger partial charge in [0, 0.05) is 19.6 Å². The van der Waals surface area contributed by atoms with E-state index in [9.17, 15) is 9.59 Å². The Kier molecular flexibility index (Phi) is 7.76. The fourth-order valence-corrected chi connectivity index (χ4v) is 3.88. The molecule has 1 heterocycles. The molecule has 7 nitrogen and oxygen atoms in total. The number of nitrogens with zero attached hydrogens (tertiary/aromatic N) is 1. The summed E-state index contributed by atoms with van der Waals surface area (Å²) >= 11 is 0. The summed E-state index contributed by atoms with van der Waals surface area (Å²) in [7, 11) is 3.20. The van der Waals surface area contributed by atoms with Crippen molar-refractivity contribution < 1.29 is 19.1 Å². The van der Waals surface area contributed by atoms with Gasteiger partial charge in [0.15, 0.2) is 11.5 Å². The normalized spacial score (nSPS) is 15.1. The smallest absolute Gasteiger partial charge is 0.317 e. The Morgan fingerprint density at radius 1 is 1.06 bits per heavy atom. The van der Waals surface area contributed by atoms with E-state index in [1.807, 2.05) is 49.4 Å². The summed E-state index contributed by atoms with van der Waals surface area (Å²) in [5, 5.41) is 5.98. The van der Waals surface area contributed by atoms with Crippen LogP contribution < -0.4 is 20.1 Å². The standard InChI is InChI=1S/C24H31N3O4/c1-4-11-25-24(29)27-12-10-18-14-21(30-2)22(31-3)15-19(18)20(27)16-26-23(28)13-17-8-6-5-7-9-17/h5-9,14-15,20H,4,10-13,16H2,1-3H3,(H,25,29)(H,26,28). The van der Waals surface area contributed by atoms with Crippen LogP contribution in [0.2, 0.25) is 0 Å². The second kappa shape index (κ2) is 10.7. The first-order valence-corrected chi connectivity index (χ1v) is 10.7. The van der Waals surface area contributed by atoms with Crippen molar-refractivity contribution >= 4 is 11.9 Å². The van der Waals surface area contributed by atoms with Crippen molar-refractivity contribution in [2.24, 2.45) is 0 Å². The minimum Gasteiger partial charge on any atom is -0.493 e. The van der Waals surface area contributed by atoms with E-state index in [-0.39, 0.29) is 18.0 Å². The minimum atomic E-state index is -0.292. The van der Waals surface area contributed by atoms with Gasteiger partial charge in [-0.2, -0.15) is 0 Å². The van der Waals surface area contributed by atoms with E-state index in [2.05, 4.69) is 10.6 Å². The third-order valence-electron chi connectivity index (χ3n) is 5.49. The first-order valence-electron chi connectivity index (χ1n) is 10.7. The van der Waals surface area contributed by atoms with Gasteiger partial charge in [-0.25, -0.2) is 4.79 Å². The molecule has 3 rings (SSSR count). The van der Waals surface area contributed by atoms with Crippen molar-refractivity contribution in [3.05, 3.63) is 59.2 Å². The lowest BCUT2D eigenvalue weighted by Crippen LogP contribution is -2.49. The van der Waals surface area contributed by atoms with E-state index in [0.717, 1.165) is 23.1 Å². The summed E-state index contributed by atoms with van der Waals surface area (Å²) in [6.07, 6.45) is 1.87. The molecule has 3 amide bonds. The van der Waals surface area contributed by atoms with Gasteiger partial charge in [0.1, 0.15) is 0 Å².